The molecule has 1 amide bonds. The summed E-state index contributed by atoms with van der Waals surface area (Å²) in [5.41, 5.74) is -1.21. The van der Waals surface area contributed by atoms with Crippen LogP contribution < -0.4 is 5.56 Å². The van der Waals surface area contributed by atoms with Crippen molar-refractivity contribution in [3.63, 3.8) is 0 Å². The highest BCUT2D eigenvalue weighted by molar-refractivity contribution is 5.96. The predicted octanol–water partition coefficient (Wildman–Crippen LogP) is 4.87. The van der Waals surface area contributed by atoms with Gasteiger partial charge >= 0.3 is 0 Å². The van der Waals surface area contributed by atoms with Crippen molar-refractivity contribution >= 4 is 5.91 Å². The average Bonchev–Trinajstić information content (AvgIpc) is 3.34. The van der Waals surface area contributed by atoms with Crippen LogP contribution in [0.1, 0.15) is 78.9 Å². The number of hydrogen-bond acceptors (Lipinski definition) is 5. The average molecular weight is 533 g/mol. The maximum absolute atomic E-state index is 14.3. The minimum atomic E-state index is -0.844. The van der Waals surface area contributed by atoms with Gasteiger partial charge in [-0.05, 0) is 37.0 Å². The van der Waals surface area contributed by atoms with Crippen LogP contribution in [0.3, 0.4) is 0 Å². The molecule has 1 N–H and O–H groups in total. The number of benzene rings is 1. The molecule has 0 spiro atoms. The number of carbonyl (C=O) groups is 1. The zero-order chi connectivity index (χ0) is 27.6. The van der Waals surface area contributed by atoms with Crippen LogP contribution in [0.15, 0.2) is 35.3 Å². The molecule has 0 radical (unpaired) electrons. The standard InChI is InChI=1S/C27H28F4N4O3/c1-3-5-6-22-33-25(36)23(27(38)35(22)21(4-2)16-9-17(28)11-18(29)10-16)26(37)34-8-7-15(14-34)24-20(31)12-19(30)13-32-24/h9-13,15,21,36H,3-8,14H2,1-2H3. The first kappa shape index (κ1) is 27.3. The Labute approximate surface area is 216 Å². The Hall–Kier alpha value is -3.76. The SMILES string of the molecule is CCCCc1nc(O)c(C(=O)N2CCC(c3ncc(F)cc3F)C2)c(=O)n1C(CC)c1cc(F)cc(F)c1. The molecule has 1 fully saturated rings. The summed E-state index contributed by atoms with van der Waals surface area (Å²) >= 11 is 0. The lowest BCUT2D eigenvalue weighted by Crippen LogP contribution is -2.38. The third kappa shape index (κ3) is 5.41. The smallest absolute Gasteiger partial charge is 0.270 e. The molecule has 7 nitrogen and oxygen atoms in total. The van der Waals surface area contributed by atoms with Crippen molar-refractivity contribution in [1.29, 1.82) is 0 Å². The van der Waals surface area contributed by atoms with Crippen molar-refractivity contribution in [2.45, 2.75) is 57.9 Å². The van der Waals surface area contributed by atoms with E-state index >= 15 is 0 Å². The van der Waals surface area contributed by atoms with E-state index in [1.807, 2.05) is 6.92 Å². The van der Waals surface area contributed by atoms with E-state index in [4.69, 9.17) is 0 Å². The van der Waals surface area contributed by atoms with E-state index in [1.54, 1.807) is 6.92 Å². The number of aryl methyl sites for hydroxylation is 1. The molecule has 2 atom stereocenters. The summed E-state index contributed by atoms with van der Waals surface area (Å²) < 4.78 is 56.9. The molecule has 11 heteroatoms. The quantitative estimate of drug-likeness (QED) is 0.418. The third-order valence-corrected chi connectivity index (χ3v) is 6.80. The summed E-state index contributed by atoms with van der Waals surface area (Å²) in [5, 5.41) is 10.7. The lowest BCUT2D eigenvalue weighted by molar-refractivity contribution is 0.0783. The van der Waals surface area contributed by atoms with Crippen LogP contribution in [0.2, 0.25) is 0 Å². The van der Waals surface area contributed by atoms with Gasteiger partial charge in [-0.15, -0.1) is 0 Å². The molecule has 0 aliphatic carbocycles. The van der Waals surface area contributed by atoms with Crippen molar-refractivity contribution in [3.05, 3.63) is 86.7 Å². The molecule has 4 rings (SSSR count). The Morgan fingerprint density at radius 3 is 2.45 bits per heavy atom. The predicted molar refractivity (Wildman–Crippen MR) is 131 cm³/mol. The number of unbranched alkanes of at least 4 members (excludes halogenated alkanes) is 1. The van der Waals surface area contributed by atoms with Gasteiger partial charge in [0.25, 0.3) is 11.5 Å². The van der Waals surface area contributed by atoms with Crippen molar-refractivity contribution in [1.82, 2.24) is 19.4 Å². The second-order valence-corrected chi connectivity index (χ2v) is 9.39. The molecule has 0 saturated carbocycles. The summed E-state index contributed by atoms with van der Waals surface area (Å²) in [6, 6.07) is 2.84. The largest absolute Gasteiger partial charge is 0.493 e. The molecule has 0 bridgehead atoms. The first-order valence-electron chi connectivity index (χ1n) is 12.5. The number of aromatic nitrogens is 3. The molecular formula is C27H28F4N4O3. The molecule has 3 aromatic rings. The Bertz CT molecular complexity index is 1390. The van der Waals surface area contributed by atoms with Crippen LogP contribution in [0, 0.1) is 23.3 Å². The van der Waals surface area contributed by atoms with E-state index in [1.165, 1.54) is 9.47 Å². The number of pyridine rings is 1. The van der Waals surface area contributed by atoms with E-state index in [9.17, 15) is 32.3 Å². The van der Waals surface area contributed by atoms with E-state index < -0.39 is 58.1 Å². The molecule has 2 aromatic heterocycles. The van der Waals surface area contributed by atoms with Gasteiger partial charge in [0.1, 0.15) is 29.1 Å². The molecule has 2 unspecified atom stereocenters. The minimum Gasteiger partial charge on any atom is -0.493 e. The molecule has 1 aromatic carbocycles. The lowest BCUT2D eigenvalue weighted by atomic mass is 10.0. The number of carbonyl (C=O) groups excluding carboxylic acids is 1. The molecule has 1 aliphatic rings. The topological polar surface area (TPSA) is 88.3 Å². The fraction of sp³-hybridized carbons (Fsp3) is 0.407. The number of nitrogens with zero attached hydrogens (tertiary/aromatic N) is 4. The zero-order valence-corrected chi connectivity index (χ0v) is 21.1. The number of amides is 1. The van der Waals surface area contributed by atoms with Crippen LogP contribution in [-0.4, -0.2) is 43.5 Å². The van der Waals surface area contributed by atoms with Crippen molar-refractivity contribution in [2.24, 2.45) is 0 Å². The molecule has 1 saturated heterocycles. The van der Waals surface area contributed by atoms with Crippen molar-refractivity contribution < 1.29 is 27.5 Å². The van der Waals surface area contributed by atoms with Crippen LogP contribution in [0.25, 0.3) is 0 Å². The zero-order valence-electron chi connectivity index (χ0n) is 21.1. The fourth-order valence-corrected chi connectivity index (χ4v) is 4.97. The summed E-state index contributed by atoms with van der Waals surface area (Å²) in [4.78, 5) is 36.5. The molecule has 38 heavy (non-hydrogen) atoms. The first-order valence-corrected chi connectivity index (χ1v) is 12.5. The second-order valence-electron chi connectivity index (χ2n) is 9.39. The summed E-state index contributed by atoms with van der Waals surface area (Å²) in [6.45, 7) is 3.80. The van der Waals surface area contributed by atoms with Gasteiger partial charge in [-0.2, -0.15) is 4.98 Å². The molecular weight excluding hydrogens is 504 g/mol. The highest BCUT2D eigenvalue weighted by Crippen LogP contribution is 2.30. The maximum atomic E-state index is 14.3. The fourth-order valence-electron chi connectivity index (χ4n) is 4.97. The van der Waals surface area contributed by atoms with Crippen molar-refractivity contribution in [3.8, 4) is 5.88 Å². The van der Waals surface area contributed by atoms with Crippen LogP contribution in [0.5, 0.6) is 5.88 Å². The highest BCUT2D eigenvalue weighted by Gasteiger charge is 2.35. The van der Waals surface area contributed by atoms with E-state index in [2.05, 4.69) is 9.97 Å². The van der Waals surface area contributed by atoms with Crippen LogP contribution in [0.4, 0.5) is 17.6 Å². The van der Waals surface area contributed by atoms with Gasteiger partial charge in [-0.1, -0.05) is 20.3 Å². The minimum absolute atomic E-state index is 0.00281. The van der Waals surface area contributed by atoms with Gasteiger partial charge in [-0.25, -0.2) is 17.6 Å². The van der Waals surface area contributed by atoms with Gasteiger partial charge in [0.15, 0.2) is 5.56 Å². The lowest BCUT2D eigenvalue weighted by Gasteiger charge is -2.24. The number of halogens is 4. The first-order chi connectivity index (χ1) is 18.1. The van der Waals surface area contributed by atoms with E-state index in [-0.39, 0.29) is 36.6 Å². The normalized spacial score (nSPS) is 16.2. The van der Waals surface area contributed by atoms with E-state index in [0.717, 1.165) is 36.9 Å². The summed E-state index contributed by atoms with van der Waals surface area (Å²) in [6.07, 6.45) is 3.14. The van der Waals surface area contributed by atoms with Gasteiger partial charge in [0.2, 0.25) is 5.88 Å². The number of likely N-dealkylation sites (tertiary alicyclic amines) is 1. The van der Waals surface area contributed by atoms with Gasteiger partial charge < -0.3 is 10.0 Å². The van der Waals surface area contributed by atoms with Gasteiger partial charge in [0.05, 0.1) is 17.9 Å². The van der Waals surface area contributed by atoms with Crippen LogP contribution >= 0.6 is 0 Å². The Kier molecular flexibility index (Phi) is 8.13. The maximum Gasteiger partial charge on any atom is 0.270 e. The second kappa shape index (κ2) is 11.3. The third-order valence-electron chi connectivity index (χ3n) is 6.80. The Balaban J connectivity index is 1.75. The number of aromatic hydroxyl groups is 1. The number of rotatable bonds is 8. The number of hydrogen-bond donors (Lipinski definition) is 1. The van der Waals surface area contributed by atoms with Crippen molar-refractivity contribution in [2.75, 3.05) is 13.1 Å². The summed E-state index contributed by atoms with van der Waals surface area (Å²) in [7, 11) is 0. The molecule has 3 heterocycles. The Morgan fingerprint density at radius 1 is 1.11 bits per heavy atom. The van der Waals surface area contributed by atoms with E-state index in [0.29, 0.717) is 19.3 Å². The van der Waals surface area contributed by atoms with Crippen LogP contribution in [-0.2, 0) is 6.42 Å². The highest BCUT2D eigenvalue weighted by atomic mass is 19.1. The molecule has 1 aliphatic heterocycles. The van der Waals surface area contributed by atoms with Gasteiger partial charge in [0, 0.05) is 37.6 Å². The monoisotopic (exact) mass is 532 g/mol. The Morgan fingerprint density at radius 2 is 1.82 bits per heavy atom. The summed E-state index contributed by atoms with van der Waals surface area (Å²) in [5.74, 6) is -5.15. The molecule has 202 valence electrons. The van der Waals surface area contributed by atoms with Gasteiger partial charge in [-0.3, -0.25) is 19.1 Å².